The Kier molecular flexibility index (Phi) is 4.83. The molecule has 1 nitrogen and oxygen atoms in total. The van der Waals surface area contributed by atoms with Crippen molar-refractivity contribution < 1.29 is 0 Å². The average Bonchev–Trinajstić information content (AvgIpc) is 2.63. The van der Waals surface area contributed by atoms with Gasteiger partial charge in [-0.15, -0.1) is 0 Å². The van der Waals surface area contributed by atoms with Crippen LogP contribution in [0.2, 0.25) is 0 Å². The van der Waals surface area contributed by atoms with Crippen LogP contribution in [0.15, 0.2) is 0 Å². The van der Waals surface area contributed by atoms with Crippen molar-refractivity contribution >= 4 is 11.8 Å². The minimum atomic E-state index is 0.801. The van der Waals surface area contributed by atoms with E-state index in [1.807, 2.05) is 0 Å². The Morgan fingerprint density at radius 2 is 1.73 bits per heavy atom. The molecule has 1 aliphatic heterocycles. The minimum Gasteiger partial charge on any atom is -0.316 e. The van der Waals surface area contributed by atoms with E-state index in [2.05, 4.69) is 24.1 Å². The van der Waals surface area contributed by atoms with Gasteiger partial charge < -0.3 is 5.32 Å². The summed E-state index contributed by atoms with van der Waals surface area (Å²) in [6, 6.07) is 0.801. The zero-order chi connectivity index (χ0) is 10.5. The van der Waals surface area contributed by atoms with Gasteiger partial charge in [0, 0.05) is 11.3 Å². The first kappa shape index (κ1) is 11.8. The molecule has 1 N–H and O–H groups in total. The van der Waals surface area contributed by atoms with E-state index >= 15 is 0 Å². The molecule has 88 valence electrons. The van der Waals surface area contributed by atoms with Crippen LogP contribution in [0, 0.1) is 5.92 Å². The first-order chi connectivity index (χ1) is 7.42. The van der Waals surface area contributed by atoms with Gasteiger partial charge in [0.2, 0.25) is 0 Å². The van der Waals surface area contributed by atoms with Crippen LogP contribution < -0.4 is 5.32 Å². The summed E-state index contributed by atoms with van der Waals surface area (Å²) in [4.78, 5) is 0. The van der Waals surface area contributed by atoms with Crippen molar-refractivity contribution in [1.29, 1.82) is 0 Å². The SMILES string of the molecule is CNC(C1CCCCCC1)C1CCCS1. The van der Waals surface area contributed by atoms with Crippen molar-refractivity contribution in [2.45, 2.75) is 62.7 Å². The fourth-order valence-corrected chi connectivity index (χ4v) is 4.82. The Labute approximate surface area is 98.8 Å². The van der Waals surface area contributed by atoms with Crippen molar-refractivity contribution in [3.05, 3.63) is 0 Å². The molecule has 0 bridgehead atoms. The highest BCUT2D eigenvalue weighted by Crippen LogP contribution is 2.35. The maximum atomic E-state index is 3.62. The van der Waals surface area contributed by atoms with Crippen molar-refractivity contribution in [2.75, 3.05) is 12.8 Å². The Morgan fingerprint density at radius 3 is 2.27 bits per heavy atom. The second-order valence-corrected chi connectivity index (χ2v) is 6.46. The number of hydrogen-bond acceptors (Lipinski definition) is 2. The van der Waals surface area contributed by atoms with Gasteiger partial charge in [0.15, 0.2) is 0 Å². The number of rotatable bonds is 3. The molecule has 1 saturated carbocycles. The fourth-order valence-electron chi connectivity index (χ4n) is 3.28. The van der Waals surface area contributed by atoms with Crippen LogP contribution >= 0.6 is 11.8 Å². The quantitative estimate of drug-likeness (QED) is 0.741. The summed E-state index contributed by atoms with van der Waals surface area (Å²) in [5, 5.41) is 4.54. The molecular formula is C13H25NS. The van der Waals surface area contributed by atoms with E-state index < -0.39 is 0 Å². The zero-order valence-electron chi connectivity index (χ0n) is 10.0. The topological polar surface area (TPSA) is 12.0 Å². The Balaban J connectivity index is 1.91. The lowest BCUT2D eigenvalue weighted by Crippen LogP contribution is -2.41. The largest absolute Gasteiger partial charge is 0.316 e. The molecule has 0 aromatic heterocycles. The van der Waals surface area contributed by atoms with Gasteiger partial charge in [0.05, 0.1) is 0 Å². The maximum absolute atomic E-state index is 3.62. The Bertz CT molecular complexity index is 169. The fraction of sp³-hybridized carbons (Fsp3) is 1.00. The van der Waals surface area contributed by atoms with Crippen LogP contribution in [0.5, 0.6) is 0 Å². The molecule has 1 saturated heterocycles. The summed E-state index contributed by atoms with van der Waals surface area (Å²) < 4.78 is 0. The van der Waals surface area contributed by atoms with E-state index in [0.717, 1.165) is 17.2 Å². The first-order valence-corrected chi connectivity index (χ1v) is 7.75. The van der Waals surface area contributed by atoms with E-state index in [4.69, 9.17) is 0 Å². The lowest BCUT2D eigenvalue weighted by molar-refractivity contribution is 0.324. The van der Waals surface area contributed by atoms with Crippen LogP contribution in [0.25, 0.3) is 0 Å². The zero-order valence-corrected chi connectivity index (χ0v) is 10.8. The average molecular weight is 227 g/mol. The molecular weight excluding hydrogens is 202 g/mol. The number of nitrogens with one attached hydrogen (secondary N) is 1. The molecule has 0 aromatic rings. The van der Waals surface area contributed by atoms with Gasteiger partial charge in [0.1, 0.15) is 0 Å². The molecule has 15 heavy (non-hydrogen) atoms. The lowest BCUT2D eigenvalue weighted by Gasteiger charge is -2.30. The van der Waals surface area contributed by atoms with Crippen LogP contribution in [0.1, 0.15) is 51.4 Å². The maximum Gasteiger partial charge on any atom is 0.0211 e. The number of hydrogen-bond donors (Lipinski definition) is 1. The van der Waals surface area contributed by atoms with Gasteiger partial charge in [-0.3, -0.25) is 0 Å². The van der Waals surface area contributed by atoms with Crippen LogP contribution in [0.4, 0.5) is 0 Å². The highest BCUT2D eigenvalue weighted by molar-refractivity contribution is 8.00. The van der Waals surface area contributed by atoms with E-state index in [1.165, 1.54) is 57.1 Å². The normalized spacial score (nSPS) is 31.4. The predicted molar refractivity (Wildman–Crippen MR) is 69.5 cm³/mol. The monoisotopic (exact) mass is 227 g/mol. The van der Waals surface area contributed by atoms with Gasteiger partial charge >= 0.3 is 0 Å². The third-order valence-electron chi connectivity index (χ3n) is 4.11. The molecule has 2 aliphatic rings. The standard InChI is InChI=1S/C13H25NS/c1-14-13(12-9-6-10-15-12)11-7-4-2-3-5-8-11/h11-14H,2-10H2,1H3. The lowest BCUT2D eigenvalue weighted by atomic mass is 9.88. The Hall–Kier alpha value is 0.310. The molecule has 2 heteroatoms. The van der Waals surface area contributed by atoms with Crippen molar-refractivity contribution in [2.24, 2.45) is 5.92 Å². The number of thioether (sulfide) groups is 1. The third-order valence-corrected chi connectivity index (χ3v) is 5.59. The van der Waals surface area contributed by atoms with Gasteiger partial charge in [-0.2, -0.15) is 11.8 Å². The molecule has 0 spiro atoms. The van der Waals surface area contributed by atoms with Crippen molar-refractivity contribution in [3.8, 4) is 0 Å². The van der Waals surface area contributed by atoms with E-state index in [9.17, 15) is 0 Å². The highest BCUT2D eigenvalue weighted by atomic mass is 32.2. The third kappa shape index (κ3) is 3.13. The van der Waals surface area contributed by atoms with E-state index in [0.29, 0.717) is 0 Å². The van der Waals surface area contributed by atoms with Gasteiger partial charge in [-0.1, -0.05) is 25.7 Å². The molecule has 0 amide bonds. The highest BCUT2D eigenvalue weighted by Gasteiger charge is 2.30. The summed E-state index contributed by atoms with van der Waals surface area (Å²) in [6.45, 7) is 0. The van der Waals surface area contributed by atoms with Gasteiger partial charge in [-0.25, -0.2) is 0 Å². The predicted octanol–water partition coefficient (Wildman–Crippen LogP) is 3.44. The molecule has 1 aliphatic carbocycles. The summed E-state index contributed by atoms with van der Waals surface area (Å²) in [5.74, 6) is 2.36. The summed E-state index contributed by atoms with van der Waals surface area (Å²) in [6.07, 6.45) is 11.7. The summed E-state index contributed by atoms with van der Waals surface area (Å²) >= 11 is 2.21. The molecule has 2 unspecified atom stereocenters. The smallest absolute Gasteiger partial charge is 0.0211 e. The molecule has 2 fully saturated rings. The summed E-state index contributed by atoms with van der Waals surface area (Å²) in [5.41, 5.74) is 0. The molecule has 2 rings (SSSR count). The van der Waals surface area contributed by atoms with Gasteiger partial charge in [-0.05, 0) is 44.4 Å². The molecule has 1 heterocycles. The Morgan fingerprint density at radius 1 is 1.00 bits per heavy atom. The molecule has 0 radical (unpaired) electrons. The van der Waals surface area contributed by atoms with Crippen LogP contribution in [0.3, 0.4) is 0 Å². The van der Waals surface area contributed by atoms with E-state index in [-0.39, 0.29) is 0 Å². The molecule has 2 atom stereocenters. The summed E-state index contributed by atoms with van der Waals surface area (Å²) in [7, 11) is 2.18. The van der Waals surface area contributed by atoms with Crippen LogP contribution in [-0.4, -0.2) is 24.1 Å². The van der Waals surface area contributed by atoms with E-state index in [1.54, 1.807) is 0 Å². The molecule has 0 aromatic carbocycles. The van der Waals surface area contributed by atoms with Crippen molar-refractivity contribution in [3.63, 3.8) is 0 Å². The first-order valence-electron chi connectivity index (χ1n) is 6.70. The minimum absolute atomic E-state index is 0.801. The second kappa shape index (κ2) is 6.15. The second-order valence-electron chi connectivity index (χ2n) is 5.12. The van der Waals surface area contributed by atoms with Crippen LogP contribution in [-0.2, 0) is 0 Å². The van der Waals surface area contributed by atoms with Crippen molar-refractivity contribution in [1.82, 2.24) is 5.32 Å². The van der Waals surface area contributed by atoms with Gasteiger partial charge in [0.25, 0.3) is 0 Å².